The van der Waals surface area contributed by atoms with Gasteiger partial charge < -0.3 is 5.11 Å². The first-order valence-corrected chi connectivity index (χ1v) is 6.35. The Bertz CT molecular complexity index is 756. The topological polar surface area (TPSA) is 134 Å². The number of fused-ring (bicyclic) bond motifs is 1. The smallest absolute Gasteiger partial charge is 0.336 e. The van der Waals surface area contributed by atoms with Crippen LogP contribution in [0.5, 0.6) is 0 Å². The number of amides is 4. The van der Waals surface area contributed by atoms with Crippen molar-refractivity contribution < 1.29 is 29.1 Å². The molecule has 1 unspecified atom stereocenters. The Balaban J connectivity index is 2.04. The number of nitrogens with one attached hydrogen (secondary N) is 1. The Morgan fingerprint density at radius 3 is 2.64 bits per heavy atom. The lowest BCUT2D eigenvalue weighted by molar-refractivity contribution is -0.136. The number of piperidine rings is 1. The minimum Gasteiger partial charge on any atom is -0.478 e. The number of aromatic nitrogens is 1. The Labute approximate surface area is 122 Å². The average Bonchev–Trinajstić information content (AvgIpc) is 2.72. The predicted octanol–water partition coefficient (Wildman–Crippen LogP) is -0.819. The first kappa shape index (κ1) is 13.9. The van der Waals surface area contributed by atoms with Gasteiger partial charge in [-0.25, -0.2) is 4.79 Å². The molecule has 0 aromatic carbocycles. The third-order valence-electron chi connectivity index (χ3n) is 3.56. The summed E-state index contributed by atoms with van der Waals surface area (Å²) < 4.78 is 0. The number of rotatable bonds is 2. The summed E-state index contributed by atoms with van der Waals surface area (Å²) in [5.41, 5.74) is -0.975. The standard InChI is InChI=1S/C13H9N3O6/c17-7-2-1-6(10(18)15-7)16-11(19)8-5(13(21)22)3-4-14-9(8)12(16)20/h3-4,6H,1-2H2,(H,21,22)(H,15,17,18). The van der Waals surface area contributed by atoms with Gasteiger partial charge in [0.1, 0.15) is 11.7 Å². The van der Waals surface area contributed by atoms with E-state index in [4.69, 9.17) is 5.11 Å². The molecule has 1 aromatic rings. The summed E-state index contributed by atoms with van der Waals surface area (Å²) in [6.45, 7) is 0. The second-order valence-corrected chi connectivity index (χ2v) is 4.83. The third kappa shape index (κ3) is 1.86. The SMILES string of the molecule is O=C1CCC(N2C(=O)c3nccc(C(=O)O)c3C2=O)C(=O)N1. The van der Waals surface area contributed by atoms with Crippen molar-refractivity contribution in [2.24, 2.45) is 0 Å². The fraction of sp³-hybridized carbons (Fsp3) is 0.231. The van der Waals surface area contributed by atoms with Crippen LogP contribution in [0.2, 0.25) is 0 Å². The Kier molecular flexibility index (Phi) is 2.98. The third-order valence-corrected chi connectivity index (χ3v) is 3.56. The zero-order valence-electron chi connectivity index (χ0n) is 11.0. The molecule has 1 aromatic heterocycles. The lowest BCUT2D eigenvalue weighted by atomic mass is 10.0. The van der Waals surface area contributed by atoms with Crippen LogP contribution in [0.4, 0.5) is 0 Å². The van der Waals surface area contributed by atoms with Gasteiger partial charge in [-0.3, -0.25) is 34.4 Å². The van der Waals surface area contributed by atoms with Crippen molar-refractivity contribution in [3.05, 3.63) is 29.1 Å². The number of aromatic carboxylic acids is 1. The van der Waals surface area contributed by atoms with E-state index in [2.05, 4.69) is 10.3 Å². The molecule has 22 heavy (non-hydrogen) atoms. The van der Waals surface area contributed by atoms with Crippen LogP contribution in [-0.2, 0) is 9.59 Å². The van der Waals surface area contributed by atoms with Gasteiger partial charge in [0.2, 0.25) is 11.8 Å². The van der Waals surface area contributed by atoms with Crippen LogP contribution < -0.4 is 5.32 Å². The minimum atomic E-state index is -1.37. The van der Waals surface area contributed by atoms with E-state index in [9.17, 15) is 24.0 Å². The molecule has 1 fully saturated rings. The maximum absolute atomic E-state index is 12.4. The molecule has 4 amide bonds. The molecule has 9 nitrogen and oxygen atoms in total. The molecule has 1 atom stereocenters. The fourth-order valence-corrected chi connectivity index (χ4v) is 2.56. The van der Waals surface area contributed by atoms with E-state index in [0.29, 0.717) is 4.90 Å². The number of carbonyl (C=O) groups is 5. The lowest BCUT2D eigenvalue weighted by Crippen LogP contribution is -2.54. The molecule has 0 aliphatic carbocycles. The molecule has 2 N–H and O–H groups in total. The van der Waals surface area contributed by atoms with Gasteiger partial charge in [-0.2, -0.15) is 0 Å². The maximum Gasteiger partial charge on any atom is 0.336 e. The second kappa shape index (κ2) is 4.72. The van der Waals surface area contributed by atoms with Crippen LogP contribution >= 0.6 is 0 Å². The van der Waals surface area contributed by atoms with Crippen molar-refractivity contribution in [1.82, 2.24) is 15.2 Å². The highest BCUT2D eigenvalue weighted by Crippen LogP contribution is 2.28. The van der Waals surface area contributed by atoms with Gasteiger partial charge in [-0.1, -0.05) is 0 Å². The number of hydrogen-bond donors (Lipinski definition) is 2. The molecular weight excluding hydrogens is 294 g/mol. The average molecular weight is 303 g/mol. The quantitative estimate of drug-likeness (QED) is 0.682. The fourth-order valence-electron chi connectivity index (χ4n) is 2.56. The molecular formula is C13H9N3O6. The molecule has 112 valence electrons. The van der Waals surface area contributed by atoms with E-state index in [1.165, 1.54) is 0 Å². The molecule has 2 aliphatic rings. The van der Waals surface area contributed by atoms with Crippen LogP contribution in [0.15, 0.2) is 12.3 Å². The van der Waals surface area contributed by atoms with E-state index in [-0.39, 0.29) is 29.7 Å². The first-order valence-electron chi connectivity index (χ1n) is 6.35. The second-order valence-electron chi connectivity index (χ2n) is 4.83. The summed E-state index contributed by atoms with van der Waals surface area (Å²) in [6.07, 6.45) is 1.10. The van der Waals surface area contributed by atoms with Crippen molar-refractivity contribution in [1.29, 1.82) is 0 Å². The Hall–Kier alpha value is -3.10. The summed E-state index contributed by atoms with van der Waals surface area (Å²) in [7, 11) is 0. The Morgan fingerprint density at radius 1 is 1.27 bits per heavy atom. The molecule has 0 radical (unpaired) electrons. The van der Waals surface area contributed by atoms with E-state index < -0.39 is 35.6 Å². The monoisotopic (exact) mass is 303 g/mol. The van der Waals surface area contributed by atoms with Crippen LogP contribution in [0.3, 0.4) is 0 Å². The molecule has 9 heteroatoms. The van der Waals surface area contributed by atoms with Gasteiger partial charge >= 0.3 is 5.97 Å². The summed E-state index contributed by atoms with van der Waals surface area (Å²) >= 11 is 0. The van der Waals surface area contributed by atoms with Gasteiger partial charge in [0, 0.05) is 12.6 Å². The van der Waals surface area contributed by atoms with Gasteiger partial charge in [0.15, 0.2) is 0 Å². The van der Waals surface area contributed by atoms with Crippen LogP contribution in [-0.4, -0.2) is 50.6 Å². The van der Waals surface area contributed by atoms with Crippen LogP contribution in [0.25, 0.3) is 0 Å². The first-order chi connectivity index (χ1) is 10.4. The highest BCUT2D eigenvalue weighted by atomic mass is 16.4. The van der Waals surface area contributed by atoms with E-state index in [1.807, 2.05) is 0 Å². The molecule has 0 saturated carbocycles. The normalized spacial score (nSPS) is 20.9. The van der Waals surface area contributed by atoms with E-state index >= 15 is 0 Å². The van der Waals surface area contributed by atoms with Crippen molar-refractivity contribution in [3.8, 4) is 0 Å². The number of carboxylic acids is 1. The summed E-state index contributed by atoms with van der Waals surface area (Å²) in [4.78, 5) is 63.3. The van der Waals surface area contributed by atoms with E-state index in [1.54, 1.807) is 0 Å². The maximum atomic E-state index is 12.4. The van der Waals surface area contributed by atoms with Crippen LogP contribution in [0, 0.1) is 0 Å². The number of pyridine rings is 1. The van der Waals surface area contributed by atoms with Crippen molar-refractivity contribution >= 4 is 29.6 Å². The largest absolute Gasteiger partial charge is 0.478 e. The van der Waals surface area contributed by atoms with Crippen molar-refractivity contribution in [3.63, 3.8) is 0 Å². The van der Waals surface area contributed by atoms with Gasteiger partial charge in [-0.05, 0) is 12.5 Å². The van der Waals surface area contributed by atoms with Crippen molar-refractivity contribution in [2.45, 2.75) is 18.9 Å². The number of imide groups is 2. The molecule has 3 rings (SSSR count). The van der Waals surface area contributed by atoms with Crippen LogP contribution in [0.1, 0.15) is 44.0 Å². The summed E-state index contributed by atoms with van der Waals surface area (Å²) in [5.74, 6) is -4.34. The summed E-state index contributed by atoms with van der Waals surface area (Å²) in [5, 5.41) is 11.2. The predicted molar refractivity (Wildman–Crippen MR) is 67.9 cm³/mol. The van der Waals surface area contributed by atoms with Gasteiger partial charge in [-0.15, -0.1) is 0 Å². The number of carbonyl (C=O) groups excluding carboxylic acids is 4. The minimum absolute atomic E-state index is 0.00145. The number of nitrogens with zero attached hydrogens (tertiary/aromatic N) is 2. The van der Waals surface area contributed by atoms with Gasteiger partial charge in [0.25, 0.3) is 11.8 Å². The van der Waals surface area contributed by atoms with Gasteiger partial charge in [0.05, 0.1) is 11.1 Å². The highest BCUT2D eigenvalue weighted by Gasteiger charge is 2.47. The zero-order chi connectivity index (χ0) is 16.0. The highest BCUT2D eigenvalue weighted by molar-refractivity contribution is 6.25. The van der Waals surface area contributed by atoms with E-state index in [0.717, 1.165) is 12.3 Å². The molecule has 1 saturated heterocycles. The molecule has 2 aliphatic heterocycles. The Morgan fingerprint density at radius 2 is 2.00 bits per heavy atom. The molecule has 0 bridgehead atoms. The summed E-state index contributed by atoms with van der Waals surface area (Å²) in [6, 6.07) is -0.0334. The van der Waals surface area contributed by atoms with Crippen molar-refractivity contribution in [2.75, 3.05) is 0 Å². The number of carboxylic acid groups (broad SMARTS) is 1. The zero-order valence-corrected chi connectivity index (χ0v) is 11.0. The number of hydrogen-bond acceptors (Lipinski definition) is 6. The lowest BCUT2D eigenvalue weighted by Gasteiger charge is -2.27. The molecule has 0 spiro atoms. The molecule has 3 heterocycles.